The lowest BCUT2D eigenvalue weighted by Gasteiger charge is -2.05. The molecule has 18 heavy (non-hydrogen) atoms. The lowest BCUT2D eigenvalue weighted by Crippen LogP contribution is -1.97. The van der Waals surface area contributed by atoms with E-state index < -0.39 is 5.76 Å². The number of thioether (sulfide) groups is 1. The van der Waals surface area contributed by atoms with Crippen molar-refractivity contribution >= 4 is 17.4 Å². The van der Waals surface area contributed by atoms with Crippen molar-refractivity contribution in [2.24, 2.45) is 0 Å². The highest BCUT2D eigenvalue weighted by Crippen LogP contribution is 2.26. The Kier molecular flexibility index (Phi) is 4.25. The number of alkyl halides is 2. The molecule has 1 aromatic heterocycles. The van der Waals surface area contributed by atoms with E-state index in [1.165, 1.54) is 0 Å². The SMILES string of the molecule is Cc1ccc(CNc2ccc(SC(F)F)cc2)o1. The molecule has 2 nitrogen and oxygen atoms in total. The molecule has 1 heterocycles. The van der Waals surface area contributed by atoms with Gasteiger partial charge in [0, 0.05) is 10.6 Å². The Balaban J connectivity index is 1.90. The van der Waals surface area contributed by atoms with E-state index in [2.05, 4.69) is 5.32 Å². The van der Waals surface area contributed by atoms with Gasteiger partial charge in [-0.2, -0.15) is 8.78 Å². The maximum atomic E-state index is 12.1. The summed E-state index contributed by atoms with van der Waals surface area (Å²) < 4.78 is 29.7. The van der Waals surface area contributed by atoms with E-state index in [1.807, 2.05) is 19.1 Å². The normalized spacial score (nSPS) is 10.9. The summed E-state index contributed by atoms with van der Waals surface area (Å²) in [6.07, 6.45) is 0. The molecule has 0 saturated carbocycles. The first-order chi connectivity index (χ1) is 8.63. The molecule has 0 fully saturated rings. The number of halogens is 2. The Morgan fingerprint density at radius 2 is 1.89 bits per heavy atom. The molecule has 2 aromatic rings. The smallest absolute Gasteiger partial charge is 0.288 e. The Morgan fingerprint density at radius 3 is 2.44 bits per heavy atom. The van der Waals surface area contributed by atoms with E-state index in [4.69, 9.17) is 4.42 Å². The van der Waals surface area contributed by atoms with Crippen LogP contribution in [-0.2, 0) is 6.54 Å². The summed E-state index contributed by atoms with van der Waals surface area (Å²) in [5.74, 6) is -0.663. The van der Waals surface area contributed by atoms with Gasteiger partial charge in [-0.05, 0) is 43.3 Å². The molecule has 0 aliphatic rings. The molecular formula is C13H13F2NOS. The van der Waals surface area contributed by atoms with Crippen molar-refractivity contribution in [1.82, 2.24) is 0 Å². The highest BCUT2D eigenvalue weighted by molar-refractivity contribution is 7.99. The highest BCUT2D eigenvalue weighted by Gasteiger charge is 2.04. The fourth-order valence-corrected chi connectivity index (χ4v) is 2.02. The lowest BCUT2D eigenvalue weighted by molar-refractivity contribution is 0.252. The minimum atomic E-state index is -2.38. The molecule has 0 unspecified atom stereocenters. The third kappa shape index (κ3) is 3.77. The van der Waals surface area contributed by atoms with Crippen molar-refractivity contribution in [3.05, 3.63) is 47.9 Å². The monoisotopic (exact) mass is 269 g/mol. The van der Waals surface area contributed by atoms with Crippen LogP contribution in [0.15, 0.2) is 45.7 Å². The first-order valence-electron chi connectivity index (χ1n) is 5.47. The second kappa shape index (κ2) is 5.91. The van der Waals surface area contributed by atoms with E-state index in [0.717, 1.165) is 17.2 Å². The van der Waals surface area contributed by atoms with Gasteiger partial charge in [0.05, 0.1) is 6.54 Å². The molecule has 0 spiro atoms. The quantitative estimate of drug-likeness (QED) is 0.808. The van der Waals surface area contributed by atoms with E-state index in [1.54, 1.807) is 24.3 Å². The van der Waals surface area contributed by atoms with Crippen molar-refractivity contribution in [2.45, 2.75) is 24.1 Å². The third-order valence-electron chi connectivity index (χ3n) is 2.34. The second-order valence-corrected chi connectivity index (χ2v) is 4.83. The van der Waals surface area contributed by atoms with Gasteiger partial charge in [0.2, 0.25) is 0 Å². The van der Waals surface area contributed by atoms with Crippen molar-refractivity contribution in [3.63, 3.8) is 0 Å². The Hall–Kier alpha value is -1.49. The summed E-state index contributed by atoms with van der Waals surface area (Å²) in [5.41, 5.74) is 0.877. The summed E-state index contributed by atoms with van der Waals surface area (Å²) in [6.45, 7) is 2.47. The molecule has 2 rings (SSSR count). The maximum absolute atomic E-state index is 12.1. The molecule has 5 heteroatoms. The standard InChI is InChI=1S/C13H13F2NOS/c1-9-2-5-11(17-9)8-16-10-3-6-12(7-4-10)18-13(14)15/h2-7,13,16H,8H2,1H3. The molecule has 0 bridgehead atoms. The van der Waals surface area contributed by atoms with Crippen LogP contribution in [-0.4, -0.2) is 5.76 Å². The fourth-order valence-electron chi connectivity index (χ4n) is 1.52. The average molecular weight is 269 g/mol. The third-order valence-corrected chi connectivity index (χ3v) is 3.06. The van der Waals surface area contributed by atoms with Crippen LogP contribution in [0, 0.1) is 6.92 Å². The molecule has 0 radical (unpaired) electrons. The summed E-state index contributed by atoms with van der Waals surface area (Å²) in [5, 5.41) is 3.16. The van der Waals surface area contributed by atoms with Crippen LogP contribution in [0.4, 0.5) is 14.5 Å². The molecule has 1 aromatic carbocycles. The number of aryl methyl sites for hydroxylation is 1. The van der Waals surface area contributed by atoms with Crippen LogP contribution in [0.3, 0.4) is 0 Å². The molecule has 0 saturated heterocycles. The zero-order valence-electron chi connectivity index (χ0n) is 9.82. The number of hydrogen-bond acceptors (Lipinski definition) is 3. The zero-order valence-corrected chi connectivity index (χ0v) is 10.6. The van der Waals surface area contributed by atoms with Gasteiger partial charge in [0.1, 0.15) is 11.5 Å². The highest BCUT2D eigenvalue weighted by atomic mass is 32.2. The first-order valence-corrected chi connectivity index (χ1v) is 6.35. The van der Waals surface area contributed by atoms with Crippen LogP contribution >= 0.6 is 11.8 Å². The average Bonchev–Trinajstić information content (AvgIpc) is 2.74. The summed E-state index contributed by atoms with van der Waals surface area (Å²) in [4.78, 5) is 0.560. The number of benzene rings is 1. The van der Waals surface area contributed by atoms with Gasteiger partial charge in [0.25, 0.3) is 5.76 Å². The predicted molar refractivity (Wildman–Crippen MR) is 69.1 cm³/mol. The minimum absolute atomic E-state index is 0.545. The second-order valence-electron chi connectivity index (χ2n) is 3.77. The van der Waals surface area contributed by atoms with Crippen LogP contribution < -0.4 is 5.32 Å². The van der Waals surface area contributed by atoms with Crippen LogP contribution in [0.2, 0.25) is 0 Å². The summed E-state index contributed by atoms with van der Waals surface area (Å²) in [7, 11) is 0. The van der Waals surface area contributed by atoms with Crippen LogP contribution in [0.5, 0.6) is 0 Å². The molecule has 0 amide bonds. The number of nitrogens with one attached hydrogen (secondary N) is 1. The van der Waals surface area contributed by atoms with Crippen molar-refractivity contribution < 1.29 is 13.2 Å². The maximum Gasteiger partial charge on any atom is 0.288 e. The van der Waals surface area contributed by atoms with Gasteiger partial charge >= 0.3 is 0 Å². The van der Waals surface area contributed by atoms with Crippen LogP contribution in [0.25, 0.3) is 0 Å². The molecule has 96 valence electrons. The molecule has 0 aliphatic carbocycles. The predicted octanol–water partition coefficient (Wildman–Crippen LogP) is 4.51. The molecule has 0 aliphatic heterocycles. The minimum Gasteiger partial charge on any atom is -0.465 e. The summed E-state index contributed by atoms with van der Waals surface area (Å²) >= 11 is 0.545. The van der Waals surface area contributed by atoms with Gasteiger partial charge in [-0.3, -0.25) is 0 Å². The van der Waals surface area contributed by atoms with Crippen molar-refractivity contribution in [1.29, 1.82) is 0 Å². The molecule has 1 N–H and O–H groups in total. The topological polar surface area (TPSA) is 25.2 Å². The summed E-state index contributed by atoms with van der Waals surface area (Å²) in [6, 6.07) is 10.7. The van der Waals surface area contributed by atoms with Gasteiger partial charge < -0.3 is 9.73 Å². The van der Waals surface area contributed by atoms with Gasteiger partial charge in [-0.25, -0.2) is 0 Å². The Morgan fingerprint density at radius 1 is 1.17 bits per heavy atom. The van der Waals surface area contributed by atoms with Gasteiger partial charge in [-0.1, -0.05) is 11.8 Å². The molecular weight excluding hydrogens is 256 g/mol. The van der Waals surface area contributed by atoms with Crippen molar-refractivity contribution in [2.75, 3.05) is 5.32 Å². The van der Waals surface area contributed by atoms with E-state index in [0.29, 0.717) is 23.2 Å². The Labute approximate surface area is 108 Å². The van der Waals surface area contributed by atoms with Gasteiger partial charge in [-0.15, -0.1) is 0 Å². The van der Waals surface area contributed by atoms with Crippen LogP contribution in [0.1, 0.15) is 11.5 Å². The first kappa shape index (κ1) is 13.0. The van der Waals surface area contributed by atoms with E-state index in [9.17, 15) is 8.78 Å². The fraction of sp³-hybridized carbons (Fsp3) is 0.231. The largest absolute Gasteiger partial charge is 0.465 e. The number of rotatable bonds is 5. The zero-order chi connectivity index (χ0) is 13.0. The van der Waals surface area contributed by atoms with E-state index >= 15 is 0 Å². The lowest BCUT2D eigenvalue weighted by atomic mass is 10.3. The molecule has 0 atom stereocenters. The van der Waals surface area contributed by atoms with Crippen molar-refractivity contribution in [3.8, 4) is 0 Å². The Bertz CT molecular complexity index is 496. The van der Waals surface area contributed by atoms with E-state index in [-0.39, 0.29) is 0 Å². The number of anilines is 1. The number of furan rings is 1. The van der Waals surface area contributed by atoms with Gasteiger partial charge in [0.15, 0.2) is 0 Å². The number of hydrogen-bond donors (Lipinski definition) is 1.